The molecule has 202 valence electrons. The summed E-state index contributed by atoms with van der Waals surface area (Å²) in [5.41, 5.74) is 2.87. The van der Waals surface area contributed by atoms with E-state index in [0.717, 1.165) is 70.9 Å². The summed E-state index contributed by atoms with van der Waals surface area (Å²) in [5, 5.41) is 0.482. The van der Waals surface area contributed by atoms with Crippen molar-refractivity contribution in [2.75, 3.05) is 39.4 Å². The van der Waals surface area contributed by atoms with Gasteiger partial charge in [0.1, 0.15) is 13.1 Å². The van der Waals surface area contributed by atoms with Crippen LogP contribution in [0.15, 0.2) is 29.3 Å². The summed E-state index contributed by atoms with van der Waals surface area (Å²) in [4.78, 5) is 56.7. The number of imide groups is 1. The Kier molecular flexibility index (Phi) is 7.90. The molecule has 0 N–H and O–H groups in total. The van der Waals surface area contributed by atoms with Gasteiger partial charge < -0.3 is 19.1 Å². The molecule has 0 aliphatic carbocycles. The summed E-state index contributed by atoms with van der Waals surface area (Å²) in [5.74, 6) is -0.632. The van der Waals surface area contributed by atoms with Gasteiger partial charge in [-0.25, -0.2) is 0 Å². The van der Waals surface area contributed by atoms with E-state index in [2.05, 4.69) is 19.9 Å². The summed E-state index contributed by atoms with van der Waals surface area (Å²) in [6.45, 7) is 6.74. The summed E-state index contributed by atoms with van der Waals surface area (Å²) in [6, 6.07) is 6.25. The number of amides is 4. The summed E-state index contributed by atoms with van der Waals surface area (Å²) in [7, 11) is 0. The number of hydrogen-bond donors (Lipinski definition) is 0. The number of piperidine rings is 1. The van der Waals surface area contributed by atoms with Crippen LogP contribution in [0.4, 0.5) is 4.79 Å². The zero-order valence-corrected chi connectivity index (χ0v) is 22.8. The predicted octanol–water partition coefficient (Wildman–Crippen LogP) is 3.50. The second kappa shape index (κ2) is 11.3. The molecule has 10 heteroatoms. The lowest BCUT2D eigenvalue weighted by atomic mass is 10.0. The molecule has 0 bridgehead atoms. The standard InChI is InChI=1S/C28H34N4O5S/c1-3-20-8-6-9-22-21(16-30(26(20)22)17-25(34)31-10-5-4-7-19(31)2)15-23-27(35)32(28(36)38-23)18-24(33)29-11-13-37-14-12-29/h6,8-9,15-16,19H,3-5,7,10-14,17-18H2,1-2H3/b23-15-/t19-/m1/s1. The van der Waals surface area contributed by atoms with Gasteiger partial charge in [0.15, 0.2) is 0 Å². The highest BCUT2D eigenvalue weighted by Gasteiger charge is 2.37. The number of aryl methyl sites for hydroxylation is 1. The third kappa shape index (κ3) is 5.24. The van der Waals surface area contributed by atoms with Crippen molar-refractivity contribution in [1.29, 1.82) is 0 Å². The van der Waals surface area contributed by atoms with Gasteiger partial charge in [-0.3, -0.25) is 24.1 Å². The van der Waals surface area contributed by atoms with E-state index in [-0.39, 0.29) is 35.9 Å². The number of morpholine rings is 1. The number of benzene rings is 1. The van der Waals surface area contributed by atoms with Gasteiger partial charge in [0.05, 0.1) is 23.6 Å². The fourth-order valence-electron chi connectivity index (χ4n) is 5.52. The minimum atomic E-state index is -0.465. The molecule has 38 heavy (non-hydrogen) atoms. The Balaban J connectivity index is 1.41. The van der Waals surface area contributed by atoms with Crippen molar-refractivity contribution in [3.05, 3.63) is 40.4 Å². The zero-order chi connectivity index (χ0) is 26.8. The molecular weight excluding hydrogens is 504 g/mol. The lowest BCUT2D eigenvalue weighted by Gasteiger charge is -2.33. The number of aromatic nitrogens is 1. The van der Waals surface area contributed by atoms with Crippen LogP contribution in [0, 0.1) is 0 Å². The number of carbonyl (C=O) groups is 4. The average Bonchev–Trinajstić information content (AvgIpc) is 3.40. The summed E-state index contributed by atoms with van der Waals surface area (Å²) in [6.07, 6.45) is 7.62. The highest BCUT2D eigenvalue weighted by atomic mass is 32.2. The quantitative estimate of drug-likeness (QED) is 0.523. The molecule has 3 aliphatic rings. The van der Waals surface area contributed by atoms with Crippen molar-refractivity contribution < 1.29 is 23.9 Å². The molecule has 3 fully saturated rings. The van der Waals surface area contributed by atoms with Crippen LogP contribution in [0.1, 0.15) is 44.2 Å². The molecule has 0 spiro atoms. The van der Waals surface area contributed by atoms with Crippen LogP contribution in [-0.2, 0) is 32.1 Å². The topological polar surface area (TPSA) is 92.2 Å². The van der Waals surface area contributed by atoms with Crippen molar-refractivity contribution in [1.82, 2.24) is 19.3 Å². The van der Waals surface area contributed by atoms with Gasteiger partial charge in [-0.2, -0.15) is 0 Å². The van der Waals surface area contributed by atoms with Crippen LogP contribution >= 0.6 is 11.8 Å². The molecule has 5 rings (SSSR count). The molecule has 2 aromatic rings. The number of para-hydroxylation sites is 1. The third-order valence-electron chi connectivity index (χ3n) is 7.64. The van der Waals surface area contributed by atoms with Crippen molar-refractivity contribution in [3.8, 4) is 0 Å². The number of hydrogen-bond acceptors (Lipinski definition) is 6. The maximum Gasteiger partial charge on any atom is 0.294 e. The van der Waals surface area contributed by atoms with Gasteiger partial charge in [0, 0.05) is 42.8 Å². The number of ether oxygens (including phenoxy) is 1. The molecule has 3 saturated heterocycles. The predicted molar refractivity (Wildman–Crippen MR) is 146 cm³/mol. The number of rotatable bonds is 6. The second-order valence-corrected chi connectivity index (χ2v) is 11.1. The molecule has 0 saturated carbocycles. The second-order valence-electron chi connectivity index (χ2n) is 10.1. The molecule has 4 heterocycles. The van der Waals surface area contributed by atoms with E-state index in [9.17, 15) is 19.2 Å². The fourth-order valence-corrected chi connectivity index (χ4v) is 6.35. The number of fused-ring (bicyclic) bond motifs is 1. The smallest absolute Gasteiger partial charge is 0.294 e. The Bertz CT molecular complexity index is 1300. The van der Waals surface area contributed by atoms with Crippen LogP contribution in [-0.4, -0.2) is 87.7 Å². The number of likely N-dealkylation sites (tertiary alicyclic amines) is 1. The first-order valence-electron chi connectivity index (χ1n) is 13.4. The molecule has 1 atom stereocenters. The minimum absolute atomic E-state index is 0.0912. The normalized spacial score (nSPS) is 21.7. The SMILES string of the molecule is CCc1cccc2c(/C=C3\SC(=O)N(CC(=O)N4CCOCC4)C3=O)cn(CC(=O)N3CCCC[C@H]3C)c12. The Labute approximate surface area is 226 Å². The number of thioether (sulfide) groups is 1. The Morgan fingerprint density at radius 1 is 1.08 bits per heavy atom. The molecule has 3 aliphatic heterocycles. The van der Waals surface area contributed by atoms with Crippen LogP contribution in [0.2, 0.25) is 0 Å². The first-order chi connectivity index (χ1) is 18.4. The molecule has 9 nitrogen and oxygen atoms in total. The van der Waals surface area contributed by atoms with Crippen molar-refractivity contribution in [3.63, 3.8) is 0 Å². The van der Waals surface area contributed by atoms with E-state index < -0.39 is 11.1 Å². The van der Waals surface area contributed by atoms with Gasteiger partial charge in [-0.15, -0.1) is 0 Å². The molecule has 0 unspecified atom stereocenters. The lowest BCUT2D eigenvalue weighted by molar-refractivity contribution is -0.139. The van der Waals surface area contributed by atoms with Crippen molar-refractivity contribution >= 4 is 51.7 Å². The van der Waals surface area contributed by atoms with E-state index in [1.54, 1.807) is 11.0 Å². The number of nitrogens with zero attached hydrogens (tertiary/aromatic N) is 4. The van der Waals surface area contributed by atoms with Gasteiger partial charge in [0.2, 0.25) is 11.8 Å². The van der Waals surface area contributed by atoms with E-state index in [1.165, 1.54) is 0 Å². The monoisotopic (exact) mass is 538 g/mol. The van der Waals surface area contributed by atoms with Crippen molar-refractivity contribution in [2.45, 2.75) is 52.1 Å². The Morgan fingerprint density at radius 3 is 2.61 bits per heavy atom. The van der Waals surface area contributed by atoms with Crippen molar-refractivity contribution in [2.24, 2.45) is 0 Å². The minimum Gasteiger partial charge on any atom is -0.378 e. The maximum atomic E-state index is 13.3. The van der Waals surface area contributed by atoms with E-state index in [4.69, 9.17) is 4.74 Å². The highest BCUT2D eigenvalue weighted by Crippen LogP contribution is 2.35. The van der Waals surface area contributed by atoms with Crippen LogP contribution in [0.25, 0.3) is 17.0 Å². The third-order valence-corrected chi connectivity index (χ3v) is 8.55. The Morgan fingerprint density at radius 2 is 1.87 bits per heavy atom. The van der Waals surface area contributed by atoms with Crippen LogP contribution in [0.5, 0.6) is 0 Å². The average molecular weight is 539 g/mol. The summed E-state index contributed by atoms with van der Waals surface area (Å²) >= 11 is 0.849. The van der Waals surface area contributed by atoms with Crippen LogP contribution < -0.4 is 0 Å². The largest absolute Gasteiger partial charge is 0.378 e. The molecule has 1 aromatic carbocycles. The first-order valence-corrected chi connectivity index (χ1v) is 14.2. The maximum absolute atomic E-state index is 13.3. The van der Waals surface area contributed by atoms with Gasteiger partial charge in [0.25, 0.3) is 11.1 Å². The molecular formula is C28H34N4O5S. The Hall–Kier alpha value is -3.11. The van der Waals surface area contributed by atoms with E-state index >= 15 is 0 Å². The summed E-state index contributed by atoms with van der Waals surface area (Å²) < 4.78 is 7.26. The fraction of sp³-hybridized carbons (Fsp3) is 0.500. The van der Waals surface area contributed by atoms with Crippen LogP contribution in [0.3, 0.4) is 0 Å². The van der Waals surface area contributed by atoms with Gasteiger partial charge >= 0.3 is 0 Å². The first kappa shape index (κ1) is 26.5. The number of carbonyl (C=O) groups excluding carboxylic acids is 4. The van der Waals surface area contributed by atoms with Gasteiger partial charge in [-0.1, -0.05) is 25.1 Å². The molecule has 0 radical (unpaired) electrons. The molecule has 4 amide bonds. The lowest BCUT2D eigenvalue weighted by Crippen LogP contribution is -2.46. The van der Waals surface area contributed by atoms with E-state index in [0.29, 0.717) is 26.3 Å². The highest BCUT2D eigenvalue weighted by molar-refractivity contribution is 8.18. The zero-order valence-electron chi connectivity index (χ0n) is 22.0. The van der Waals surface area contributed by atoms with E-state index in [1.807, 2.05) is 27.8 Å². The molecule has 1 aromatic heterocycles. The van der Waals surface area contributed by atoms with Gasteiger partial charge in [-0.05, 0) is 56.0 Å².